The minimum absolute atomic E-state index is 0.0626. The molecule has 18 heavy (non-hydrogen) atoms. The molecule has 0 amide bonds. The van der Waals surface area contributed by atoms with E-state index in [1.54, 1.807) is 0 Å². The van der Waals surface area contributed by atoms with E-state index in [1.807, 2.05) is 23.8 Å². The van der Waals surface area contributed by atoms with Gasteiger partial charge in [-0.1, -0.05) is 6.92 Å². The lowest BCUT2D eigenvalue weighted by Crippen LogP contribution is -2.34. The maximum absolute atomic E-state index is 12.6. The van der Waals surface area contributed by atoms with Gasteiger partial charge in [-0.05, 0) is 28.9 Å². The van der Waals surface area contributed by atoms with Crippen LogP contribution in [0.4, 0.5) is 17.6 Å². The van der Waals surface area contributed by atoms with Gasteiger partial charge in [-0.2, -0.15) is 20.1 Å². The predicted molar refractivity (Wildman–Crippen MR) is 62.5 cm³/mol. The van der Waals surface area contributed by atoms with Crippen LogP contribution in [0.2, 0.25) is 0 Å². The van der Waals surface area contributed by atoms with Crippen molar-refractivity contribution in [2.24, 2.45) is 0 Å². The first-order chi connectivity index (χ1) is 8.47. The first-order valence-electron chi connectivity index (χ1n) is 5.46. The number of nitrogens with one attached hydrogen (secondary N) is 1. The molecule has 1 aromatic rings. The molecule has 1 atom stereocenters. The van der Waals surface area contributed by atoms with Crippen LogP contribution in [0.1, 0.15) is 18.5 Å². The first kappa shape index (κ1) is 15.4. The predicted octanol–water partition coefficient (Wildman–Crippen LogP) is 3.32. The molecule has 7 heteroatoms. The molecule has 1 rings (SSSR count). The van der Waals surface area contributed by atoms with Gasteiger partial charge in [-0.15, -0.1) is 0 Å². The van der Waals surface area contributed by atoms with E-state index < -0.39 is 19.0 Å². The number of ether oxygens (including phenoxy) is 1. The Balaban J connectivity index is 2.44. The zero-order valence-corrected chi connectivity index (χ0v) is 10.7. The van der Waals surface area contributed by atoms with E-state index in [9.17, 15) is 17.6 Å². The van der Waals surface area contributed by atoms with Gasteiger partial charge in [-0.25, -0.2) is 8.78 Å². The summed E-state index contributed by atoms with van der Waals surface area (Å²) >= 11 is 1.47. The van der Waals surface area contributed by atoms with E-state index in [4.69, 9.17) is 4.74 Å². The Morgan fingerprint density at radius 2 is 2.17 bits per heavy atom. The third-order valence-electron chi connectivity index (χ3n) is 2.29. The fourth-order valence-corrected chi connectivity index (χ4v) is 2.08. The zero-order chi connectivity index (χ0) is 13.6. The lowest BCUT2D eigenvalue weighted by Gasteiger charge is -2.20. The molecule has 0 bridgehead atoms. The Morgan fingerprint density at radius 3 is 2.67 bits per heavy atom. The molecular weight excluding hydrogens is 270 g/mol. The van der Waals surface area contributed by atoms with Crippen LogP contribution >= 0.6 is 11.3 Å². The number of halogens is 4. The summed E-state index contributed by atoms with van der Waals surface area (Å²) in [6.45, 7) is 1.17. The van der Waals surface area contributed by atoms with Crippen LogP contribution < -0.4 is 5.32 Å². The largest absolute Gasteiger partial charge is 0.373 e. The summed E-state index contributed by atoms with van der Waals surface area (Å²) in [5.41, 5.74) is 0.905. The quantitative estimate of drug-likeness (QED) is 0.740. The van der Waals surface area contributed by atoms with Crippen molar-refractivity contribution in [1.29, 1.82) is 0 Å². The Hall–Kier alpha value is -0.660. The highest BCUT2D eigenvalue weighted by atomic mass is 32.1. The van der Waals surface area contributed by atoms with Crippen molar-refractivity contribution in [3.8, 4) is 0 Å². The molecule has 1 heterocycles. The molecule has 0 aliphatic carbocycles. The van der Waals surface area contributed by atoms with Crippen molar-refractivity contribution in [1.82, 2.24) is 5.32 Å². The van der Waals surface area contributed by atoms with E-state index in [0.29, 0.717) is 6.54 Å². The maximum atomic E-state index is 12.6. The molecule has 0 radical (unpaired) electrons. The lowest BCUT2D eigenvalue weighted by atomic mass is 10.1. The SMILES string of the molecule is CCNC(COCC(F)(F)C(F)F)c1ccsc1. The van der Waals surface area contributed by atoms with Crippen molar-refractivity contribution in [3.05, 3.63) is 22.4 Å². The number of hydrogen-bond donors (Lipinski definition) is 1. The average molecular weight is 285 g/mol. The fraction of sp³-hybridized carbons (Fsp3) is 0.636. The monoisotopic (exact) mass is 285 g/mol. The Labute approximate surface area is 107 Å². The molecule has 0 aliphatic heterocycles. The molecule has 2 nitrogen and oxygen atoms in total. The molecule has 0 saturated carbocycles. The molecule has 0 spiro atoms. The van der Waals surface area contributed by atoms with Crippen LogP contribution in [0.5, 0.6) is 0 Å². The molecular formula is C11H15F4NOS. The molecule has 1 unspecified atom stereocenters. The van der Waals surface area contributed by atoms with Crippen LogP contribution in [-0.4, -0.2) is 32.1 Å². The molecule has 0 saturated heterocycles. The van der Waals surface area contributed by atoms with Crippen LogP contribution in [0, 0.1) is 0 Å². The Kier molecular flexibility index (Phi) is 6.04. The Bertz CT molecular complexity index is 332. The summed E-state index contributed by atoms with van der Waals surface area (Å²) in [4.78, 5) is 0. The summed E-state index contributed by atoms with van der Waals surface area (Å²) in [7, 11) is 0. The number of rotatable bonds is 8. The number of hydrogen-bond acceptors (Lipinski definition) is 3. The minimum atomic E-state index is -4.09. The van der Waals surface area contributed by atoms with E-state index in [2.05, 4.69) is 5.32 Å². The standard InChI is InChI=1S/C11H15F4NOS/c1-2-16-9(8-3-4-18-6-8)5-17-7-11(14,15)10(12)13/h3-4,6,9-10,16H,2,5,7H2,1H3. The molecule has 0 fully saturated rings. The fourth-order valence-electron chi connectivity index (χ4n) is 1.37. The van der Waals surface area contributed by atoms with Gasteiger partial charge in [0, 0.05) is 0 Å². The zero-order valence-electron chi connectivity index (χ0n) is 9.84. The van der Waals surface area contributed by atoms with Crippen molar-refractivity contribution in [3.63, 3.8) is 0 Å². The van der Waals surface area contributed by atoms with Crippen molar-refractivity contribution in [2.75, 3.05) is 19.8 Å². The molecule has 0 aliphatic rings. The first-order valence-corrected chi connectivity index (χ1v) is 6.41. The average Bonchev–Trinajstić information content (AvgIpc) is 2.80. The smallest absolute Gasteiger partial charge is 0.330 e. The van der Waals surface area contributed by atoms with Gasteiger partial charge in [0.2, 0.25) is 0 Å². The van der Waals surface area contributed by atoms with Gasteiger partial charge < -0.3 is 10.1 Å². The third-order valence-corrected chi connectivity index (χ3v) is 3.00. The van der Waals surface area contributed by atoms with Crippen molar-refractivity contribution >= 4 is 11.3 Å². The summed E-state index contributed by atoms with van der Waals surface area (Å²) in [6, 6.07) is 1.59. The van der Waals surface area contributed by atoms with E-state index in [1.165, 1.54) is 11.3 Å². The van der Waals surface area contributed by atoms with Crippen LogP contribution in [0.15, 0.2) is 16.8 Å². The summed E-state index contributed by atoms with van der Waals surface area (Å²) in [5.74, 6) is -4.09. The minimum Gasteiger partial charge on any atom is -0.373 e. The van der Waals surface area contributed by atoms with Gasteiger partial charge in [0.05, 0.1) is 12.6 Å². The van der Waals surface area contributed by atoms with Crippen molar-refractivity contribution < 1.29 is 22.3 Å². The highest BCUT2D eigenvalue weighted by molar-refractivity contribution is 7.07. The second-order valence-corrected chi connectivity index (χ2v) is 4.52. The Morgan fingerprint density at radius 1 is 1.44 bits per heavy atom. The van der Waals surface area contributed by atoms with Crippen LogP contribution in [-0.2, 0) is 4.74 Å². The third kappa shape index (κ3) is 4.55. The number of likely N-dealkylation sites (N-methyl/N-ethyl adjacent to an activating group) is 1. The van der Waals surface area contributed by atoms with Crippen LogP contribution in [0.25, 0.3) is 0 Å². The van der Waals surface area contributed by atoms with Gasteiger partial charge in [0.25, 0.3) is 0 Å². The van der Waals surface area contributed by atoms with E-state index in [0.717, 1.165) is 5.56 Å². The number of alkyl halides is 4. The summed E-state index contributed by atoms with van der Waals surface area (Å²) in [5, 5.41) is 6.77. The molecule has 1 N–H and O–H groups in total. The van der Waals surface area contributed by atoms with Gasteiger partial charge >= 0.3 is 12.3 Å². The number of thiophene rings is 1. The van der Waals surface area contributed by atoms with E-state index >= 15 is 0 Å². The van der Waals surface area contributed by atoms with Gasteiger partial charge in [-0.3, -0.25) is 0 Å². The van der Waals surface area contributed by atoms with E-state index in [-0.39, 0.29) is 12.6 Å². The van der Waals surface area contributed by atoms with Crippen LogP contribution in [0.3, 0.4) is 0 Å². The highest BCUT2D eigenvalue weighted by Gasteiger charge is 2.41. The topological polar surface area (TPSA) is 21.3 Å². The maximum Gasteiger partial charge on any atom is 0.330 e. The molecule has 104 valence electrons. The van der Waals surface area contributed by atoms with Gasteiger partial charge in [0.15, 0.2) is 0 Å². The lowest BCUT2D eigenvalue weighted by molar-refractivity contribution is -0.167. The summed E-state index contributed by atoms with van der Waals surface area (Å²) in [6.07, 6.45) is -3.70. The molecule has 1 aromatic heterocycles. The van der Waals surface area contributed by atoms with Gasteiger partial charge in [0.1, 0.15) is 6.61 Å². The molecule has 0 aromatic carbocycles. The highest BCUT2D eigenvalue weighted by Crippen LogP contribution is 2.24. The second kappa shape index (κ2) is 7.06. The summed E-state index contributed by atoms with van der Waals surface area (Å²) < 4.78 is 53.8. The second-order valence-electron chi connectivity index (χ2n) is 3.74. The van der Waals surface area contributed by atoms with Crippen molar-refractivity contribution in [2.45, 2.75) is 25.3 Å². The normalized spacial score (nSPS) is 14.1.